The number of aryl methyl sites for hydroxylation is 1. The lowest BCUT2D eigenvalue weighted by molar-refractivity contribution is 0.265. The van der Waals surface area contributed by atoms with Crippen molar-refractivity contribution in [3.63, 3.8) is 0 Å². The van der Waals surface area contributed by atoms with Crippen molar-refractivity contribution >= 4 is 0 Å². The van der Waals surface area contributed by atoms with Gasteiger partial charge in [0.2, 0.25) is 0 Å². The fourth-order valence-electron chi connectivity index (χ4n) is 1.75. The highest BCUT2D eigenvalue weighted by Crippen LogP contribution is 2.18. The van der Waals surface area contributed by atoms with Crippen molar-refractivity contribution in [2.75, 3.05) is 6.61 Å². The monoisotopic (exact) mass is 235 g/mol. The molecule has 1 unspecified atom stereocenters. The molecule has 1 heterocycles. The maximum absolute atomic E-state index is 13.3. The van der Waals surface area contributed by atoms with Gasteiger partial charge in [-0.1, -0.05) is 0 Å². The molecule has 1 aromatic carbocycles. The summed E-state index contributed by atoms with van der Waals surface area (Å²) in [6.07, 6.45) is 3.13. The Morgan fingerprint density at radius 2 is 2.24 bits per heavy atom. The fraction of sp³-hybridized carbons (Fsp3) is 0.250. The van der Waals surface area contributed by atoms with Crippen molar-refractivity contribution in [1.29, 1.82) is 0 Å². The van der Waals surface area contributed by atoms with E-state index < -0.39 is 6.04 Å². The highest BCUT2D eigenvalue weighted by Gasteiger charge is 2.12. The maximum atomic E-state index is 13.3. The number of nitrogens with zero attached hydrogens (tertiary/aromatic N) is 2. The highest BCUT2D eigenvalue weighted by atomic mass is 19.1. The molecule has 2 aromatic rings. The van der Waals surface area contributed by atoms with Crippen molar-refractivity contribution in [3.8, 4) is 5.69 Å². The van der Waals surface area contributed by atoms with E-state index in [1.165, 1.54) is 12.1 Å². The fourth-order valence-corrected chi connectivity index (χ4v) is 1.75. The summed E-state index contributed by atoms with van der Waals surface area (Å²) in [6, 6.07) is 4.16. The molecule has 2 rings (SSSR count). The minimum Gasteiger partial charge on any atom is -0.394 e. The Balaban J connectivity index is 2.49. The summed E-state index contributed by atoms with van der Waals surface area (Å²) >= 11 is 0. The SMILES string of the molecule is Cc1cc(F)cc(-n2cncc2C(N)CO)c1. The second-order valence-electron chi connectivity index (χ2n) is 3.96. The number of aliphatic hydroxyl groups is 1. The van der Waals surface area contributed by atoms with E-state index in [0.29, 0.717) is 11.4 Å². The molecule has 1 atom stereocenters. The van der Waals surface area contributed by atoms with Crippen LogP contribution in [0.15, 0.2) is 30.7 Å². The van der Waals surface area contributed by atoms with Gasteiger partial charge in [-0.15, -0.1) is 0 Å². The van der Waals surface area contributed by atoms with Crippen molar-refractivity contribution < 1.29 is 9.50 Å². The minimum atomic E-state index is -0.527. The Morgan fingerprint density at radius 3 is 2.88 bits per heavy atom. The zero-order valence-electron chi connectivity index (χ0n) is 9.47. The molecule has 0 amide bonds. The molecular weight excluding hydrogens is 221 g/mol. The van der Waals surface area contributed by atoms with Crippen LogP contribution in [-0.4, -0.2) is 21.3 Å². The van der Waals surface area contributed by atoms with E-state index in [4.69, 9.17) is 10.8 Å². The number of hydrogen-bond donors (Lipinski definition) is 2. The number of benzene rings is 1. The summed E-state index contributed by atoms with van der Waals surface area (Å²) in [5.41, 5.74) is 7.87. The van der Waals surface area contributed by atoms with Crippen LogP contribution in [0.5, 0.6) is 0 Å². The topological polar surface area (TPSA) is 64.1 Å². The first-order chi connectivity index (χ1) is 8.11. The van der Waals surface area contributed by atoms with Crippen molar-refractivity contribution in [2.45, 2.75) is 13.0 Å². The lowest BCUT2D eigenvalue weighted by atomic mass is 10.2. The van der Waals surface area contributed by atoms with Crippen LogP contribution in [-0.2, 0) is 0 Å². The van der Waals surface area contributed by atoms with Crippen LogP contribution in [0.2, 0.25) is 0 Å². The minimum absolute atomic E-state index is 0.181. The van der Waals surface area contributed by atoms with Gasteiger partial charge >= 0.3 is 0 Å². The molecule has 0 bridgehead atoms. The van der Waals surface area contributed by atoms with Gasteiger partial charge in [-0.25, -0.2) is 9.37 Å². The Bertz CT molecular complexity index is 504. The second-order valence-corrected chi connectivity index (χ2v) is 3.96. The van der Waals surface area contributed by atoms with Crippen LogP contribution in [0.4, 0.5) is 4.39 Å². The highest BCUT2D eigenvalue weighted by molar-refractivity contribution is 5.38. The molecule has 0 spiro atoms. The van der Waals surface area contributed by atoms with Gasteiger partial charge in [-0.3, -0.25) is 0 Å². The van der Waals surface area contributed by atoms with E-state index >= 15 is 0 Å². The van der Waals surface area contributed by atoms with Gasteiger partial charge in [0.1, 0.15) is 5.82 Å². The molecule has 17 heavy (non-hydrogen) atoms. The van der Waals surface area contributed by atoms with Gasteiger partial charge in [-0.2, -0.15) is 0 Å². The summed E-state index contributed by atoms with van der Waals surface area (Å²) in [4.78, 5) is 3.98. The third kappa shape index (κ3) is 2.35. The molecule has 90 valence electrons. The first-order valence-corrected chi connectivity index (χ1v) is 5.28. The van der Waals surface area contributed by atoms with Gasteiger partial charge in [0.05, 0.1) is 30.9 Å². The summed E-state index contributed by atoms with van der Waals surface area (Å²) in [5.74, 6) is -0.308. The van der Waals surface area contributed by atoms with Gasteiger partial charge < -0.3 is 15.4 Å². The van der Waals surface area contributed by atoms with Crippen LogP contribution >= 0.6 is 0 Å². The number of nitrogens with two attached hydrogens (primary N) is 1. The normalized spacial score (nSPS) is 12.7. The van der Waals surface area contributed by atoms with Crippen molar-refractivity contribution in [2.24, 2.45) is 5.73 Å². The first kappa shape index (κ1) is 11.8. The Kier molecular flexibility index (Phi) is 3.21. The van der Waals surface area contributed by atoms with E-state index in [1.807, 2.05) is 13.0 Å². The van der Waals surface area contributed by atoms with Gasteiger partial charge in [0.15, 0.2) is 0 Å². The molecule has 0 saturated heterocycles. The van der Waals surface area contributed by atoms with Crippen LogP contribution in [0.25, 0.3) is 5.69 Å². The number of halogens is 1. The summed E-state index contributed by atoms with van der Waals surface area (Å²) in [6.45, 7) is 1.63. The second kappa shape index (κ2) is 4.65. The number of imidazole rings is 1. The zero-order chi connectivity index (χ0) is 12.4. The van der Waals surface area contributed by atoms with Crippen LogP contribution < -0.4 is 5.73 Å². The zero-order valence-corrected chi connectivity index (χ0v) is 9.47. The third-order valence-corrected chi connectivity index (χ3v) is 2.55. The Morgan fingerprint density at radius 1 is 1.47 bits per heavy atom. The molecule has 0 aliphatic heterocycles. The number of rotatable bonds is 3. The van der Waals surface area contributed by atoms with Gasteiger partial charge in [0.25, 0.3) is 0 Å². The summed E-state index contributed by atoms with van der Waals surface area (Å²) < 4.78 is 15.0. The number of aromatic nitrogens is 2. The molecule has 5 heteroatoms. The number of aliphatic hydroxyl groups excluding tert-OH is 1. The summed E-state index contributed by atoms with van der Waals surface area (Å²) in [7, 11) is 0. The third-order valence-electron chi connectivity index (χ3n) is 2.55. The van der Waals surface area contributed by atoms with Crippen LogP contribution in [0.3, 0.4) is 0 Å². The summed E-state index contributed by atoms with van der Waals surface area (Å²) in [5, 5.41) is 9.05. The van der Waals surface area contributed by atoms with E-state index in [0.717, 1.165) is 5.56 Å². The van der Waals surface area contributed by atoms with Crippen molar-refractivity contribution in [3.05, 3.63) is 47.8 Å². The molecule has 0 aliphatic carbocycles. The standard InChI is InChI=1S/C12H14FN3O/c1-8-2-9(13)4-10(3-8)16-7-15-5-12(16)11(14)6-17/h2-5,7,11,17H,6,14H2,1H3. The van der Waals surface area contributed by atoms with Crippen LogP contribution in [0.1, 0.15) is 17.3 Å². The smallest absolute Gasteiger partial charge is 0.125 e. The molecule has 0 aliphatic rings. The molecule has 3 N–H and O–H groups in total. The van der Waals surface area contributed by atoms with Crippen LogP contribution in [0, 0.1) is 12.7 Å². The molecule has 4 nitrogen and oxygen atoms in total. The number of hydrogen-bond acceptors (Lipinski definition) is 3. The quantitative estimate of drug-likeness (QED) is 0.843. The molecular formula is C12H14FN3O. The first-order valence-electron chi connectivity index (χ1n) is 5.28. The Labute approximate surface area is 98.5 Å². The molecule has 0 saturated carbocycles. The van der Waals surface area contributed by atoms with E-state index in [2.05, 4.69) is 4.98 Å². The largest absolute Gasteiger partial charge is 0.394 e. The Hall–Kier alpha value is -1.72. The maximum Gasteiger partial charge on any atom is 0.125 e. The molecule has 0 fully saturated rings. The molecule has 0 radical (unpaired) electrons. The average Bonchev–Trinajstić information content (AvgIpc) is 2.75. The van der Waals surface area contributed by atoms with Gasteiger partial charge in [-0.05, 0) is 30.7 Å². The predicted molar refractivity (Wildman–Crippen MR) is 62.3 cm³/mol. The average molecular weight is 235 g/mol. The lowest BCUT2D eigenvalue weighted by Crippen LogP contribution is -2.18. The molecule has 1 aromatic heterocycles. The lowest BCUT2D eigenvalue weighted by Gasteiger charge is -2.13. The van der Waals surface area contributed by atoms with Gasteiger partial charge in [0, 0.05) is 5.69 Å². The van der Waals surface area contributed by atoms with E-state index in [9.17, 15) is 4.39 Å². The predicted octanol–water partition coefficient (Wildman–Crippen LogP) is 1.31. The van der Waals surface area contributed by atoms with Crippen molar-refractivity contribution in [1.82, 2.24) is 9.55 Å². The van der Waals surface area contributed by atoms with E-state index in [-0.39, 0.29) is 12.4 Å². The van der Waals surface area contributed by atoms with E-state index in [1.54, 1.807) is 17.1 Å².